The van der Waals surface area contributed by atoms with Gasteiger partial charge >= 0.3 is 0 Å². The lowest BCUT2D eigenvalue weighted by Crippen LogP contribution is -2.36. The summed E-state index contributed by atoms with van der Waals surface area (Å²) in [5, 5.41) is 0. The van der Waals surface area contributed by atoms with Crippen LogP contribution in [0.3, 0.4) is 0 Å². The van der Waals surface area contributed by atoms with E-state index in [9.17, 15) is 13.2 Å². The molecular formula is C17H26N2O4S. The van der Waals surface area contributed by atoms with Crippen molar-refractivity contribution < 1.29 is 18.0 Å². The van der Waals surface area contributed by atoms with Crippen LogP contribution in [0.2, 0.25) is 0 Å². The second kappa shape index (κ2) is 8.09. The Morgan fingerprint density at radius 1 is 1.12 bits per heavy atom. The van der Waals surface area contributed by atoms with Gasteiger partial charge in [-0.2, -0.15) is 0 Å². The van der Waals surface area contributed by atoms with E-state index in [4.69, 9.17) is 4.84 Å². The Labute approximate surface area is 144 Å². The molecule has 1 amide bonds. The summed E-state index contributed by atoms with van der Waals surface area (Å²) in [5.41, 5.74) is 0.382. The van der Waals surface area contributed by atoms with Crippen LogP contribution in [0.15, 0.2) is 29.2 Å². The second-order valence-electron chi connectivity index (χ2n) is 6.19. The number of nitrogens with zero attached hydrogens (tertiary/aromatic N) is 2. The lowest BCUT2D eigenvalue weighted by molar-refractivity contribution is -0.0258. The molecule has 2 rings (SSSR count). The van der Waals surface area contributed by atoms with Gasteiger partial charge in [-0.05, 0) is 31.0 Å². The van der Waals surface area contributed by atoms with Crippen LogP contribution in [0, 0.1) is 0 Å². The van der Waals surface area contributed by atoms with Gasteiger partial charge < -0.3 is 4.90 Å². The predicted molar refractivity (Wildman–Crippen MR) is 92.0 cm³/mol. The summed E-state index contributed by atoms with van der Waals surface area (Å²) in [6.07, 6.45) is 6.72. The zero-order chi connectivity index (χ0) is 17.7. The van der Waals surface area contributed by atoms with Crippen LogP contribution in [-0.4, -0.2) is 50.9 Å². The van der Waals surface area contributed by atoms with Gasteiger partial charge in [-0.25, -0.2) is 8.42 Å². The molecule has 6 nitrogen and oxygen atoms in total. The third-order valence-corrected chi connectivity index (χ3v) is 6.34. The number of hydrogen-bond donors (Lipinski definition) is 0. The average Bonchev–Trinajstić information content (AvgIpc) is 2.89. The number of sulfonamides is 1. The molecular weight excluding hydrogens is 328 g/mol. The highest BCUT2D eigenvalue weighted by Gasteiger charge is 2.25. The summed E-state index contributed by atoms with van der Waals surface area (Å²) < 4.78 is 25.4. The van der Waals surface area contributed by atoms with Crippen LogP contribution in [0.1, 0.15) is 48.9 Å². The molecule has 0 saturated heterocycles. The molecule has 0 spiro atoms. The highest BCUT2D eigenvalue weighted by Crippen LogP contribution is 2.23. The fourth-order valence-electron chi connectivity index (χ4n) is 3.05. The standard InChI is InChI=1S/C17H26N2O4S/c1-18(15-10-6-4-5-7-11-15)17(20)14-9-8-12-16(13-14)24(21,22)19(2)23-3/h8-9,12-13,15H,4-7,10-11H2,1-3H3. The first-order valence-corrected chi connectivity index (χ1v) is 9.72. The van der Waals surface area contributed by atoms with Crippen LogP contribution in [0.25, 0.3) is 0 Å². The highest BCUT2D eigenvalue weighted by atomic mass is 32.2. The number of carbonyl (C=O) groups is 1. The number of amides is 1. The predicted octanol–water partition coefficient (Wildman–Crippen LogP) is 2.66. The van der Waals surface area contributed by atoms with Crippen LogP contribution >= 0.6 is 0 Å². The Morgan fingerprint density at radius 2 is 1.75 bits per heavy atom. The van der Waals surface area contributed by atoms with Crippen LogP contribution in [0.5, 0.6) is 0 Å². The zero-order valence-electron chi connectivity index (χ0n) is 14.6. The van der Waals surface area contributed by atoms with Crippen molar-refractivity contribution in [2.24, 2.45) is 0 Å². The van der Waals surface area contributed by atoms with Crippen LogP contribution in [-0.2, 0) is 14.9 Å². The molecule has 1 aromatic carbocycles. The maximum absolute atomic E-state index is 12.8. The molecule has 1 aliphatic rings. The molecule has 0 N–H and O–H groups in total. The van der Waals surface area contributed by atoms with E-state index < -0.39 is 10.0 Å². The third kappa shape index (κ3) is 4.15. The largest absolute Gasteiger partial charge is 0.339 e. The minimum absolute atomic E-state index is 0.0481. The Morgan fingerprint density at radius 3 is 2.33 bits per heavy atom. The van der Waals surface area contributed by atoms with E-state index in [1.165, 1.54) is 39.1 Å². The van der Waals surface area contributed by atoms with Gasteiger partial charge in [-0.1, -0.05) is 36.2 Å². The van der Waals surface area contributed by atoms with E-state index in [2.05, 4.69) is 0 Å². The molecule has 0 aliphatic heterocycles. The fourth-order valence-corrected chi connectivity index (χ4v) is 4.07. The first-order chi connectivity index (χ1) is 11.4. The van der Waals surface area contributed by atoms with E-state index in [1.807, 2.05) is 0 Å². The second-order valence-corrected chi connectivity index (χ2v) is 8.12. The number of hydroxylamine groups is 1. The molecule has 0 bridgehead atoms. The van der Waals surface area contributed by atoms with Gasteiger partial charge in [-0.15, -0.1) is 0 Å². The summed E-state index contributed by atoms with van der Waals surface area (Å²) in [5.74, 6) is -0.140. The molecule has 24 heavy (non-hydrogen) atoms. The van der Waals surface area contributed by atoms with E-state index >= 15 is 0 Å². The lowest BCUT2D eigenvalue weighted by Gasteiger charge is -2.27. The van der Waals surface area contributed by atoms with Crippen LogP contribution in [0.4, 0.5) is 0 Å². The van der Waals surface area contributed by atoms with Gasteiger partial charge in [0.05, 0.1) is 12.0 Å². The summed E-state index contributed by atoms with van der Waals surface area (Å²) in [6, 6.07) is 6.35. The Hall–Kier alpha value is -1.44. The van der Waals surface area contributed by atoms with Crippen molar-refractivity contribution in [2.45, 2.75) is 49.5 Å². The maximum Gasteiger partial charge on any atom is 0.264 e. The molecule has 0 heterocycles. The molecule has 134 valence electrons. The van der Waals surface area contributed by atoms with Gasteiger partial charge in [0.15, 0.2) is 0 Å². The first kappa shape index (κ1) is 18.9. The molecule has 1 fully saturated rings. The zero-order valence-corrected chi connectivity index (χ0v) is 15.4. The van der Waals surface area contributed by atoms with Gasteiger partial charge in [0.25, 0.3) is 15.9 Å². The minimum Gasteiger partial charge on any atom is -0.339 e. The quantitative estimate of drug-likeness (QED) is 0.602. The molecule has 1 aromatic rings. The van der Waals surface area contributed by atoms with Crippen molar-refractivity contribution in [2.75, 3.05) is 21.2 Å². The van der Waals surface area contributed by atoms with Gasteiger partial charge in [0, 0.05) is 25.7 Å². The van der Waals surface area contributed by atoms with Crippen molar-refractivity contribution in [3.63, 3.8) is 0 Å². The third-order valence-electron chi connectivity index (χ3n) is 4.67. The van der Waals surface area contributed by atoms with Gasteiger partial charge in [0.1, 0.15) is 0 Å². The van der Waals surface area contributed by atoms with E-state index in [0.717, 1.165) is 30.2 Å². The summed E-state index contributed by atoms with van der Waals surface area (Å²) in [4.78, 5) is 19.3. The summed E-state index contributed by atoms with van der Waals surface area (Å²) >= 11 is 0. The molecule has 0 atom stereocenters. The van der Waals surface area contributed by atoms with E-state index in [1.54, 1.807) is 24.1 Å². The number of rotatable bonds is 5. The van der Waals surface area contributed by atoms with Crippen LogP contribution < -0.4 is 0 Å². The van der Waals surface area contributed by atoms with Crippen molar-refractivity contribution >= 4 is 15.9 Å². The molecule has 0 radical (unpaired) electrons. The molecule has 7 heteroatoms. The lowest BCUT2D eigenvalue weighted by atomic mass is 10.1. The summed E-state index contributed by atoms with van der Waals surface area (Å²) in [6.45, 7) is 0. The van der Waals surface area contributed by atoms with Gasteiger partial charge in [0.2, 0.25) is 0 Å². The maximum atomic E-state index is 12.8. The van der Waals surface area contributed by atoms with Crippen molar-refractivity contribution in [1.82, 2.24) is 9.37 Å². The average molecular weight is 354 g/mol. The van der Waals surface area contributed by atoms with Crippen molar-refractivity contribution in [3.8, 4) is 0 Å². The topological polar surface area (TPSA) is 66.9 Å². The molecule has 0 aromatic heterocycles. The van der Waals surface area contributed by atoms with Crippen molar-refractivity contribution in [1.29, 1.82) is 0 Å². The molecule has 1 saturated carbocycles. The Kier molecular flexibility index (Phi) is 6.37. The fraction of sp³-hybridized carbons (Fsp3) is 0.588. The molecule has 1 aliphatic carbocycles. The normalized spacial score (nSPS) is 16.8. The highest BCUT2D eigenvalue weighted by molar-refractivity contribution is 7.89. The Balaban J connectivity index is 2.22. The van der Waals surface area contributed by atoms with Crippen molar-refractivity contribution in [3.05, 3.63) is 29.8 Å². The van der Waals surface area contributed by atoms with E-state index in [-0.39, 0.29) is 16.8 Å². The Bertz CT molecular complexity index is 667. The van der Waals surface area contributed by atoms with Gasteiger partial charge in [-0.3, -0.25) is 9.63 Å². The first-order valence-electron chi connectivity index (χ1n) is 8.28. The number of carbonyl (C=O) groups excluding carboxylic acids is 1. The SMILES string of the molecule is CON(C)S(=O)(=O)c1cccc(C(=O)N(C)C2CCCCCC2)c1. The minimum atomic E-state index is -3.76. The van der Waals surface area contributed by atoms with E-state index in [0.29, 0.717) is 5.56 Å². The smallest absolute Gasteiger partial charge is 0.264 e. The number of hydrogen-bond acceptors (Lipinski definition) is 4. The number of benzene rings is 1. The molecule has 0 unspecified atom stereocenters. The summed E-state index contributed by atoms with van der Waals surface area (Å²) in [7, 11) is 0.650. The monoisotopic (exact) mass is 354 g/mol.